The van der Waals surface area contributed by atoms with Crippen molar-refractivity contribution in [2.45, 2.75) is 18.2 Å². The van der Waals surface area contributed by atoms with Crippen molar-refractivity contribution in [3.05, 3.63) is 21.8 Å². The molecule has 5 heteroatoms. The van der Waals surface area contributed by atoms with Crippen LogP contribution in [-0.4, -0.2) is 16.9 Å². The molecule has 2 nitrogen and oxygen atoms in total. The summed E-state index contributed by atoms with van der Waals surface area (Å²) in [6, 6.07) is 1.82. The predicted octanol–water partition coefficient (Wildman–Crippen LogP) is 3.93. The largest absolute Gasteiger partial charge is 0.368 e. The van der Waals surface area contributed by atoms with Gasteiger partial charge in [-0.05, 0) is 40.8 Å². The third kappa shape index (κ3) is 3.23. The second-order valence-corrected chi connectivity index (χ2v) is 5.57. The zero-order valence-electron chi connectivity index (χ0n) is 8.01. The smallest absolute Gasteiger partial charge is 0.140 e. The number of aromatic nitrogens is 1. The minimum absolute atomic E-state index is 0.203. The summed E-state index contributed by atoms with van der Waals surface area (Å²) in [5, 5.41) is 4.04. The van der Waals surface area contributed by atoms with Gasteiger partial charge < -0.3 is 5.32 Å². The molecule has 1 unspecified atom stereocenters. The number of halogens is 3. The summed E-state index contributed by atoms with van der Waals surface area (Å²) in [5.41, 5.74) is 0. The third-order valence-electron chi connectivity index (χ3n) is 2.41. The molecule has 1 N–H and O–H groups in total. The highest BCUT2D eigenvalue weighted by Gasteiger charge is 2.29. The molecular weight excluding hydrogens is 299 g/mol. The van der Waals surface area contributed by atoms with Crippen LogP contribution in [0.4, 0.5) is 5.82 Å². The lowest BCUT2D eigenvalue weighted by Crippen LogP contribution is -2.16. The molecular formula is C10H11BrCl2N2. The quantitative estimate of drug-likeness (QED) is 0.853. The van der Waals surface area contributed by atoms with E-state index < -0.39 is 0 Å². The molecule has 0 spiro atoms. The first-order valence-corrected chi connectivity index (χ1v) is 6.46. The summed E-state index contributed by atoms with van der Waals surface area (Å²) < 4.78 is 0.870. The standard InChI is InChI=1S/C10H11BrCl2N2/c11-8-3-7(12)4-14-10(8)15-5-9(13)6-1-2-6/h3-4,6,9H,1-2,5H2,(H,14,15). The van der Waals surface area contributed by atoms with Crippen molar-refractivity contribution >= 4 is 44.9 Å². The zero-order valence-corrected chi connectivity index (χ0v) is 11.1. The summed E-state index contributed by atoms with van der Waals surface area (Å²) in [6.45, 7) is 0.749. The van der Waals surface area contributed by atoms with E-state index >= 15 is 0 Å². The Morgan fingerprint density at radius 1 is 1.60 bits per heavy atom. The van der Waals surface area contributed by atoms with Crippen molar-refractivity contribution in [3.63, 3.8) is 0 Å². The number of rotatable bonds is 4. The van der Waals surface area contributed by atoms with Crippen molar-refractivity contribution < 1.29 is 0 Å². The van der Waals surface area contributed by atoms with E-state index in [1.807, 2.05) is 6.07 Å². The number of pyridine rings is 1. The van der Waals surface area contributed by atoms with E-state index in [9.17, 15) is 0 Å². The van der Waals surface area contributed by atoms with Gasteiger partial charge in [0.25, 0.3) is 0 Å². The van der Waals surface area contributed by atoms with Gasteiger partial charge in [-0.15, -0.1) is 11.6 Å². The topological polar surface area (TPSA) is 24.9 Å². The molecule has 0 aliphatic heterocycles. The molecule has 1 saturated carbocycles. The lowest BCUT2D eigenvalue weighted by molar-refractivity contribution is 0.768. The number of anilines is 1. The fourth-order valence-electron chi connectivity index (χ4n) is 1.36. The van der Waals surface area contributed by atoms with Crippen molar-refractivity contribution in [2.24, 2.45) is 5.92 Å². The third-order valence-corrected chi connectivity index (χ3v) is 3.73. The van der Waals surface area contributed by atoms with Crippen molar-refractivity contribution in [2.75, 3.05) is 11.9 Å². The Labute approximate surface area is 107 Å². The molecule has 0 aromatic carbocycles. The first kappa shape index (κ1) is 11.5. The van der Waals surface area contributed by atoms with Gasteiger partial charge >= 0.3 is 0 Å². The Morgan fingerprint density at radius 3 is 2.93 bits per heavy atom. The molecule has 82 valence electrons. The zero-order chi connectivity index (χ0) is 10.8. The second-order valence-electron chi connectivity index (χ2n) is 3.72. The normalized spacial score (nSPS) is 17.5. The molecule has 1 aromatic heterocycles. The number of nitrogens with zero attached hydrogens (tertiary/aromatic N) is 1. The average Bonchev–Trinajstić information content (AvgIpc) is 2.99. The maximum atomic E-state index is 6.18. The first-order valence-electron chi connectivity index (χ1n) is 4.86. The van der Waals surface area contributed by atoms with Gasteiger partial charge in [0, 0.05) is 12.7 Å². The van der Waals surface area contributed by atoms with Gasteiger partial charge in [0.05, 0.1) is 14.9 Å². The number of hydrogen-bond acceptors (Lipinski definition) is 2. The summed E-state index contributed by atoms with van der Waals surface area (Å²) in [5.74, 6) is 1.48. The molecule has 1 aliphatic carbocycles. The van der Waals surface area contributed by atoms with Crippen LogP contribution < -0.4 is 5.32 Å². The van der Waals surface area contributed by atoms with Gasteiger partial charge in [-0.1, -0.05) is 11.6 Å². The van der Waals surface area contributed by atoms with E-state index in [1.165, 1.54) is 12.8 Å². The van der Waals surface area contributed by atoms with Crippen molar-refractivity contribution in [1.29, 1.82) is 0 Å². The minimum Gasteiger partial charge on any atom is -0.368 e. The Bertz CT molecular complexity index is 355. The van der Waals surface area contributed by atoms with Crippen LogP contribution in [0, 0.1) is 5.92 Å². The molecule has 1 heterocycles. The van der Waals surface area contributed by atoms with Crippen LogP contribution in [0.5, 0.6) is 0 Å². The lowest BCUT2D eigenvalue weighted by Gasteiger charge is -2.11. The van der Waals surface area contributed by atoms with Crippen LogP contribution in [0.1, 0.15) is 12.8 Å². The van der Waals surface area contributed by atoms with Crippen LogP contribution in [-0.2, 0) is 0 Å². The Hall–Kier alpha value is 0.01000. The summed E-state index contributed by atoms with van der Waals surface area (Å²) in [7, 11) is 0. The van der Waals surface area contributed by atoms with E-state index in [1.54, 1.807) is 6.20 Å². The predicted molar refractivity (Wildman–Crippen MR) is 67.8 cm³/mol. The maximum Gasteiger partial charge on any atom is 0.140 e. The van der Waals surface area contributed by atoms with E-state index in [-0.39, 0.29) is 5.38 Å². The first-order chi connectivity index (χ1) is 7.16. The fourth-order valence-corrected chi connectivity index (χ4v) is 2.47. The maximum absolute atomic E-state index is 6.18. The molecule has 1 fully saturated rings. The highest BCUT2D eigenvalue weighted by atomic mass is 79.9. The summed E-state index contributed by atoms with van der Waals surface area (Å²) >= 11 is 15.4. The average molecular weight is 310 g/mol. The van der Waals surface area contributed by atoms with Gasteiger partial charge in [-0.2, -0.15) is 0 Å². The van der Waals surface area contributed by atoms with Crippen molar-refractivity contribution in [3.8, 4) is 0 Å². The highest BCUT2D eigenvalue weighted by molar-refractivity contribution is 9.10. The van der Waals surface area contributed by atoms with Gasteiger partial charge in [-0.3, -0.25) is 0 Å². The van der Waals surface area contributed by atoms with Gasteiger partial charge in [0.15, 0.2) is 0 Å². The summed E-state index contributed by atoms with van der Waals surface area (Å²) in [6.07, 6.45) is 4.13. The van der Waals surface area contributed by atoms with Crippen LogP contribution in [0.25, 0.3) is 0 Å². The molecule has 1 atom stereocenters. The molecule has 15 heavy (non-hydrogen) atoms. The molecule has 0 radical (unpaired) electrons. The van der Waals surface area contributed by atoms with Crippen LogP contribution in [0.15, 0.2) is 16.7 Å². The van der Waals surface area contributed by atoms with E-state index in [0.29, 0.717) is 10.9 Å². The molecule has 2 rings (SSSR count). The molecule has 0 bridgehead atoms. The molecule has 0 amide bonds. The van der Waals surface area contributed by atoms with Crippen molar-refractivity contribution in [1.82, 2.24) is 4.98 Å². The lowest BCUT2D eigenvalue weighted by atomic mass is 10.3. The van der Waals surface area contributed by atoms with E-state index in [4.69, 9.17) is 23.2 Å². The minimum atomic E-state index is 0.203. The van der Waals surface area contributed by atoms with E-state index in [2.05, 4.69) is 26.2 Å². The number of alkyl halides is 1. The molecule has 1 aromatic rings. The number of hydrogen-bond donors (Lipinski definition) is 1. The SMILES string of the molecule is Clc1cnc(NCC(Cl)C2CC2)c(Br)c1. The monoisotopic (exact) mass is 308 g/mol. The second kappa shape index (κ2) is 4.89. The van der Waals surface area contributed by atoms with Crippen LogP contribution >= 0.6 is 39.1 Å². The van der Waals surface area contributed by atoms with Crippen LogP contribution in [0.3, 0.4) is 0 Å². The Morgan fingerprint density at radius 2 is 2.33 bits per heavy atom. The van der Waals surface area contributed by atoms with Crippen LogP contribution in [0.2, 0.25) is 5.02 Å². The Balaban J connectivity index is 1.92. The highest BCUT2D eigenvalue weighted by Crippen LogP contribution is 2.35. The van der Waals surface area contributed by atoms with Gasteiger partial charge in [0.2, 0.25) is 0 Å². The van der Waals surface area contributed by atoms with Gasteiger partial charge in [0.1, 0.15) is 5.82 Å². The van der Waals surface area contributed by atoms with E-state index in [0.717, 1.165) is 16.8 Å². The Kier molecular flexibility index (Phi) is 3.75. The molecule has 0 saturated heterocycles. The van der Waals surface area contributed by atoms with Gasteiger partial charge in [-0.25, -0.2) is 4.98 Å². The molecule has 1 aliphatic rings. The summed E-state index contributed by atoms with van der Waals surface area (Å²) in [4.78, 5) is 4.18. The number of nitrogens with one attached hydrogen (secondary N) is 1. The fraction of sp³-hybridized carbons (Fsp3) is 0.500.